The average Bonchev–Trinajstić information content (AvgIpc) is 0.743. The van der Waals surface area contributed by atoms with E-state index in [4.69, 9.17) is 52.1 Å². The molecule has 0 amide bonds. The third kappa shape index (κ3) is 134. The molecule has 1 radical (unpaired) electrons. The molecule has 3 aromatic rings. The number of carbonyl (C=O) groups is 13. The van der Waals surface area contributed by atoms with Crippen molar-refractivity contribution in [3.8, 4) is 0 Å². The summed E-state index contributed by atoms with van der Waals surface area (Å²) in [7, 11) is 7.02. The zero-order valence-corrected chi connectivity index (χ0v) is 102. The maximum absolute atomic E-state index is 11.7. The van der Waals surface area contributed by atoms with Crippen LogP contribution in [0.5, 0.6) is 0 Å². The van der Waals surface area contributed by atoms with Crippen LogP contribution in [0.3, 0.4) is 0 Å². The van der Waals surface area contributed by atoms with E-state index in [1.54, 1.807) is 94.1 Å². The van der Waals surface area contributed by atoms with Crippen molar-refractivity contribution in [1.82, 2.24) is 9.88 Å². The summed E-state index contributed by atoms with van der Waals surface area (Å²) in [6.45, 7) is 50.5. The summed E-state index contributed by atoms with van der Waals surface area (Å²) in [6, 6.07) is 17.6. The molecule has 2 aromatic carbocycles. The van der Waals surface area contributed by atoms with Gasteiger partial charge in [-0.1, -0.05) is 248 Å². The average molecular weight is 2340 g/mol. The second-order valence-corrected chi connectivity index (χ2v) is 39.0. The minimum atomic E-state index is -0.304. The number of nitrogens with zero attached hydrogens (tertiary/aromatic N) is 2. The Morgan fingerprint density at radius 1 is 0.373 bits per heavy atom. The maximum atomic E-state index is 11.7. The van der Waals surface area contributed by atoms with Gasteiger partial charge < -0.3 is 90.5 Å². The zero-order chi connectivity index (χ0) is 112. The van der Waals surface area contributed by atoms with E-state index in [-0.39, 0.29) is 130 Å². The van der Waals surface area contributed by atoms with E-state index in [1.165, 1.54) is 212 Å². The molecule has 27 nitrogen and oxygen atoms in total. The van der Waals surface area contributed by atoms with Crippen LogP contribution < -0.4 is 0 Å². The minimum absolute atomic E-state index is 0. The van der Waals surface area contributed by atoms with E-state index in [0.29, 0.717) is 179 Å². The molecule has 4 aliphatic carbocycles. The largest absolute Gasteiger partial charge is 0.463 e. The number of benzene rings is 2. The van der Waals surface area contributed by atoms with Crippen LogP contribution >= 0.6 is 0 Å². The van der Waals surface area contributed by atoms with Crippen molar-refractivity contribution in [3.05, 3.63) is 90.8 Å². The SMILES string of the molecule is C.C.C.C=CCCCCC(C)=O.CC(=O)C(C)(C)C.CC(=O)C12CC3CC(CC(C3)C1)C2.CC(=O)CN(C)C.CC(=O)Cc1cccc2ccccc12.CC(=O)c1ccncc1.CC(C)=O.CCC(C)=O.CCCCCC(C)=O.CCCCCCCCCC(C)=O.CCCCCCCCCCCCCCCC(C)=O.COCCOCCOCCOC(C)=O.COCCOCCOCCOCCOCCOCCOCCOC(C)=O.[Ac]. The molecular formula is C122H222AcN2O25. The van der Waals surface area contributed by atoms with Gasteiger partial charge in [-0.05, 0) is 220 Å². The molecule has 4 saturated carbocycles. The smallest absolute Gasteiger partial charge is 0.302 e. The molecule has 0 spiro atoms. The molecule has 4 bridgehead atoms. The van der Waals surface area contributed by atoms with Gasteiger partial charge in [-0.25, -0.2) is 0 Å². The Bertz CT molecular complexity index is 3620. The number of Topliss-reactive ketones (excluding diaryl/α,β-unsaturated/α-hetero) is 11. The molecule has 0 N–H and O–H groups in total. The Kier molecular flexibility index (Phi) is 137. The normalized spacial score (nSPS) is 13.5. The van der Waals surface area contributed by atoms with Crippen molar-refractivity contribution in [2.45, 2.75) is 412 Å². The monoisotopic (exact) mass is 2340 g/mol. The number of methoxy groups -OCH3 is 2. The number of hydrogen-bond donors (Lipinski definition) is 0. The predicted molar refractivity (Wildman–Crippen MR) is 613 cm³/mol. The molecule has 28 heteroatoms. The summed E-state index contributed by atoms with van der Waals surface area (Å²) in [5.74, 6) is 5.10. The number of allylic oxidation sites excluding steroid dienone is 1. The fourth-order valence-electron chi connectivity index (χ4n) is 14.6. The van der Waals surface area contributed by atoms with Crippen molar-refractivity contribution in [3.63, 3.8) is 0 Å². The topological polar surface area (TPSA) is 349 Å². The van der Waals surface area contributed by atoms with Gasteiger partial charge in [0.1, 0.15) is 71.0 Å². The number of carbonyl (C=O) groups excluding carboxylic acids is 13. The van der Waals surface area contributed by atoms with E-state index in [9.17, 15) is 62.3 Å². The van der Waals surface area contributed by atoms with E-state index in [0.717, 1.165) is 87.5 Å². The Hall–Kier alpha value is -6.10. The molecule has 150 heavy (non-hydrogen) atoms. The van der Waals surface area contributed by atoms with Crippen LogP contribution in [0.1, 0.15) is 421 Å². The van der Waals surface area contributed by atoms with Gasteiger partial charge in [0.2, 0.25) is 0 Å². The number of pyridine rings is 1. The fraction of sp³-hybridized carbons (Fsp3) is 0.754. The van der Waals surface area contributed by atoms with Crippen LogP contribution in [0.15, 0.2) is 79.6 Å². The second-order valence-electron chi connectivity index (χ2n) is 39.0. The van der Waals surface area contributed by atoms with E-state index < -0.39 is 0 Å². The molecule has 1 heterocycles. The van der Waals surface area contributed by atoms with E-state index >= 15 is 0 Å². The summed E-state index contributed by atoms with van der Waals surface area (Å²) >= 11 is 0. The van der Waals surface area contributed by atoms with Crippen LogP contribution in [-0.2, 0) is 121 Å². The van der Waals surface area contributed by atoms with Crippen LogP contribution in [0.25, 0.3) is 10.8 Å². The molecule has 0 unspecified atom stereocenters. The standard InChI is InChI=1S/C17H34O9.C17H34O.C13H12O.C12H18O.C11H22O.C9H18O5.C8H14O.C7H7NO.C7H14O.C6H12O.C5H11NO.C4H8O.C3H6O.3CH4.Ac/c1-17(18)26-16-15-25-14-13-24-12-11-23-10-9-22-8-7-21-6-5-20-4-3-19-2;1-3-4-5-6-7-8-9-10-11-12-13-14-15-16-17(2)18;1-10(14)9-12-7-4-6-11-5-2-3-8-13(11)12;1-8(13)12-5-9-2-10(6-12)4-11(3-9)7-12;1-3-4-5-6-7-8-9-10-11(2)12;1-9(10)14-8-7-13-6-5-12-4-3-11-2;1-3-4-5-6-7-8(2)9;1-6(9)7-2-4-8-5-3-7;1-3-4-5-6-7(2)8;1-5(7)6(2,3)4;1-5(7)4-6(2)3;1-3-4(2)5;1-3(2)4;;;;/h3-16H2,1-2H3;3-16H2,1-2H3;2-8H,9H2,1H3;9-11H,2-7H2,1H3;3-10H2,1-2H3;3-8H2,1-2H3;3H,1,4-7H2,2H3;2-5H,1H3;3-6H2,1-2H3;1-4H3;4H2,1-3H3;3H2,1-2H3;1-2H3;3*1H4;. The third-order valence-corrected chi connectivity index (χ3v) is 22.5. The number of unbranched alkanes of at least 4 members (excludes halogenated alkanes) is 22. The molecule has 873 valence electrons. The first-order valence-corrected chi connectivity index (χ1v) is 54.4. The van der Waals surface area contributed by atoms with Crippen molar-refractivity contribution >= 4 is 86.3 Å². The number of aromatic nitrogens is 1. The molecule has 7 rings (SSSR count). The Morgan fingerprint density at radius 2 is 0.647 bits per heavy atom. The van der Waals surface area contributed by atoms with Gasteiger partial charge in [0, 0.05) is 139 Å². The molecule has 4 aliphatic rings. The number of esters is 2. The quantitative estimate of drug-likeness (QED) is 0.0219. The molecule has 0 saturated heterocycles. The number of fused-ring (bicyclic) bond motifs is 1. The first-order valence-electron chi connectivity index (χ1n) is 54.4. The van der Waals surface area contributed by atoms with Crippen molar-refractivity contribution in [1.29, 1.82) is 0 Å². The second kappa shape index (κ2) is 123. The molecule has 0 aliphatic heterocycles. The fourth-order valence-corrected chi connectivity index (χ4v) is 14.6. The van der Waals surface area contributed by atoms with Gasteiger partial charge in [0.15, 0.2) is 5.78 Å². The van der Waals surface area contributed by atoms with Gasteiger partial charge in [0.25, 0.3) is 0 Å². The number of ether oxygens (including phenoxy) is 12. The van der Waals surface area contributed by atoms with Crippen molar-refractivity contribution < 1.29 is 163 Å². The molecular weight excluding hydrogens is 2120 g/mol. The Balaban J connectivity index is -0.000000159. The van der Waals surface area contributed by atoms with Gasteiger partial charge in [-0.15, -0.1) is 6.58 Å². The first-order chi connectivity index (χ1) is 69.4. The number of hydrogen-bond acceptors (Lipinski definition) is 27. The minimum Gasteiger partial charge on any atom is -0.463 e. The third-order valence-electron chi connectivity index (χ3n) is 22.5. The summed E-state index contributed by atoms with van der Waals surface area (Å²) in [6.07, 6.45) is 50.9. The number of likely N-dealkylation sites (N-methyl/N-ethyl adjacent to an activating group) is 1. The molecule has 1 aromatic heterocycles. The number of ketones is 11. The molecule has 4 fully saturated rings. The Morgan fingerprint density at radius 3 is 0.887 bits per heavy atom. The summed E-state index contributed by atoms with van der Waals surface area (Å²) in [4.78, 5) is 142. The number of rotatable bonds is 68. The van der Waals surface area contributed by atoms with Gasteiger partial charge >= 0.3 is 11.9 Å². The van der Waals surface area contributed by atoms with Crippen LogP contribution in [-0.4, -0.2) is 252 Å². The van der Waals surface area contributed by atoms with Crippen molar-refractivity contribution in [2.75, 3.05) is 167 Å². The van der Waals surface area contributed by atoms with Gasteiger partial charge in [0.05, 0.1) is 125 Å². The van der Waals surface area contributed by atoms with Crippen LogP contribution in [0.4, 0.5) is 0 Å². The van der Waals surface area contributed by atoms with E-state index in [1.807, 2.05) is 84.0 Å². The maximum Gasteiger partial charge on any atom is 0.302 e. The van der Waals surface area contributed by atoms with Gasteiger partial charge in [-0.3, -0.25) is 38.5 Å². The molecule has 0 atom stereocenters. The van der Waals surface area contributed by atoms with Crippen LogP contribution in [0, 0.1) is 72.6 Å². The van der Waals surface area contributed by atoms with Crippen LogP contribution in [0.2, 0.25) is 0 Å². The summed E-state index contributed by atoms with van der Waals surface area (Å²) < 4.78 is 61.2. The van der Waals surface area contributed by atoms with Crippen molar-refractivity contribution in [2.24, 2.45) is 28.6 Å². The summed E-state index contributed by atoms with van der Waals surface area (Å²) in [5, 5.41) is 2.39. The van der Waals surface area contributed by atoms with E-state index in [2.05, 4.69) is 55.3 Å². The summed E-state index contributed by atoms with van der Waals surface area (Å²) in [5.41, 5.74) is 1.86. The first kappa shape index (κ1) is 166. The zero-order valence-electron chi connectivity index (χ0n) is 97.3. The van der Waals surface area contributed by atoms with Gasteiger partial charge in [-0.2, -0.15) is 0 Å². The Labute approximate surface area is 950 Å². The predicted octanol–water partition coefficient (Wildman–Crippen LogP) is 27.1.